The normalized spacial score (nSPS) is 11.7. The van der Waals surface area contributed by atoms with Crippen molar-refractivity contribution < 1.29 is 26.7 Å². The first-order valence-electron chi connectivity index (χ1n) is 8.47. The molecule has 29 heavy (non-hydrogen) atoms. The van der Waals surface area contributed by atoms with Crippen LogP contribution in [0.15, 0.2) is 41.2 Å². The van der Waals surface area contributed by atoms with Gasteiger partial charge in [0.25, 0.3) is 5.56 Å². The molecule has 0 saturated carbocycles. The van der Waals surface area contributed by atoms with Crippen LogP contribution in [0.2, 0.25) is 0 Å². The molecule has 1 amide bonds. The van der Waals surface area contributed by atoms with E-state index in [1.54, 1.807) is 6.92 Å². The number of amides is 1. The van der Waals surface area contributed by atoms with E-state index in [2.05, 4.69) is 10.4 Å². The summed E-state index contributed by atoms with van der Waals surface area (Å²) in [5, 5.41) is -0.108. The Balaban J connectivity index is 1.95. The van der Waals surface area contributed by atoms with Crippen LogP contribution in [-0.2, 0) is 23.8 Å². The van der Waals surface area contributed by atoms with Gasteiger partial charge < -0.3 is 0 Å². The maximum Gasteiger partial charge on any atom is 0.416 e. The molecule has 152 valence electrons. The SMILES string of the molecule is CCc1nc2cc(C(F)(F)F)ccc2c(=O)n1NC(=O)Cc1ccc(F)c(F)c1. The van der Waals surface area contributed by atoms with E-state index in [0.717, 1.165) is 35.0 Å². The molecule has 2 aromatic carbocycles. The molecule has 0 aliphatic heterocycles. The van der Waals surface area contributed by atoms with Gasteiger partial charge in [0.1, 0.15) is 5.82 Å². The maximum absolute atomic E-state index is 13.3. The summed E-state index contributed by atoms with van der Waals surface area (Å²) in [4.78, 5) is 29.0. The Hall–Kier alpha value is -3.30. The fraction of sp³-hybridized carbons (Fsp3) is 0.211. The lowest BCUT2D eigenvalue weighted by atomic mass is 10.1. The van der Waals surface area contributed by atoms with Gasteiger partial charge in [-0.15, -0.1) is 0 Å². The minimum atomic E-state index is -4.59. The van der Waals surface area contributed by atoms with Crippen molar-refractivity contribution in [2.75, 3.05) is 5.43 Å². The van der Waals surface area contributed by atoms with Crippen molar-refractivity contribution in [1.82, 2.24) is 9.66 Å². The van der Waals surface area contributed by atoms with Crippen molar-refractivity contribution in [1.29, 1.82) is 0 Å². The molecule has 0 unspecified atom stereocenters. The lowest BCUT2D eigenvalue weighted by Gasteiger charge is -2.14. The molecule has 0 aliphatic carbocycles. The Morgan fingerprint density at radius 3 is 2.45 bits per heavy atom. The molecule has 3 rings (SSSR count). The van der Waals surface area contributed by atoms with Crippen LogP contribution in [-0.4, -0.2) is 15.6 Å². The second-order valence-electron chi connectivity index (χ2n) is 6.21. The average Bonchev–Trinajstić information content (AvgIpc) is 2.65. The van der Waals surface area contributed by atoms with Gasteiger partial charge in [0.15, 0.2) is 11.6 Å². The van der Waals surface area contributed by atoms with E-state index in [1.807, 2.05) is 0 Å². The number of rotatable bonds is 4. The van der Waals surface area contributed by atoms with Crippen molar-refractivity contribution in [2.24, 2.45) is 0 Å². The van der Waals surface area contributed by atoms with Crippen LogP contribution >= 0.6 is 0 Å². The Bertz CT molecular complexity index is 1160. The van der Waals surface area contributed by atoms with E-state index in [9.17, 15) is 31.5 Å². The zero-order valence-electron chi connectivity index (χ0n) is 15.0. The summed E-state index contributed by atoms with van der Waals surface area (Å²) in [5.41, 5.74) is 0.649. The summed E-state index contributed by atoms with van der Waals surface area (Å²) >= 11 is 0. The highest BCUT2D eigenvalue weighted by molar-refractivity contribution is 5.86. The minimum Gasteiger partial charge on any atom is -0.273 e. The zero-order chi connectivity index (χ0) is 21.3. The Morgan fingerprint density at radius 1 is 1.10 bits per heavy atom. The van der Waals surface area contributed by atoms with E-state index in [4.69, 9.17) is 0 Å². The van der Waals surface area contributed by atoms with Crippen molar-refractivity contribution in [3.05, 3.63) is 75.3 Å². The van der Waals surface area contributed by atoms with Crippen LogP contribution in [0.1, 0.15) is 23.9 Å². The fourth-order valence-corrected chi connectivity index (χ4v) is 2.76. The number of fused-ring (bicyclic) bond motifs is 1. The summed E-state index contributed by atoms with van der Waals surface area (Å²) < 4.78 is 65.8. The molecule has 0 aliphatic rings. The number of aryl methyl sites for hydroxylation is 1. The number of benzene rings is 2. The highest BCUT2D eigenvalue weighted by Crippen LogP contribution is 2.30. The van der Waals surface area contributed by atoms with E-state index in [-0.39, 0.29) is 35.1 Å². The first kappa shape index (κ1) is 20.4. The monoisotopic (exact) mass is 411 g/mol. The third-order valence-corrected chi connectivity index (χ3v) is 4.17. The number of nitrogens with zero attached hydrogens (tertiary/aromatic N) is 2. The number of nitrogens with one attached hydrogen (secondary N) is 1. The predicted octanol–water partition coefficient (Wildman–Crippen LogP) is 3.57. The molecular weight excluding hydrogens is 397 g/mol. The van der Waals surface area contributed by atoms with Gasteiger partial charge in [0.2, 0.25) is 5.91 Å². The van der Waals surface area contributed by atoms with Crippen LogP contribution in [0.25, 0.3) is 10.9 Å². The molecule has 0 atom stereocenters. The summed E-state index contributed by atoms with van der Waals surface area (Å²) in [6.45, 7) is 1.61. The van der Waals surface area contributed by atoms with Gasteiger partial charge in [-0.05, 0) is 35.9 Å². The number of hydrogen-bond acceptors (Lipinski definition) is 3. The summed E-state index contributed by atoms with van der Waals surface area (Å²) in [6, 6.07) is 5.46. The summed E-state index contributed by atoms with van der Waals surface area (Å²) in [5.74, 6) is -2.84. The van der Waals surface area contributed by atoms with Gasteiger partial charge in [-0.25, -0.2) is 18.4 Å². The van der Waals surface area contributed by atoms with E-state index < -0.39 is 34.8 Å². The summed E-state index contributed by atoms with van der Waals surface area (Å²) in [7, 11) is 0. The number of carbonyl (C=O) groups excluding carboxylic acids is 1. The molecule has 0 saturated heterocycles. The van der Waals surface area contributed by atoms with Gasteiger partial charge in [0.05, 0.1) is 22.9 Å². The molecule has 1 heterocycles. The first-order chi connectivity index (χ1) is 13.6. The van der Waals surface area contributed by atoms with Crippen molar-refractivity contribution >= 4 is 16.8 Å². The predicted molar refractivity (Wildman–Crippen MR) is 94.8 cm³/mol. The molecular formula is C19H14F5N3O2. The maximum atomic E-state index is 13.3. The molecule has 0 radical (unpaired) electrons. The largest absolute Gasteiger partial charge is 0.416 e. The number of alkyl halides is 3. The molecule has 5 nitrogen and oxygen atoms in total. The molecule has 0 fully saturated rings. The Morgan fingerprint density at radius 2 is 1.83 bits per heavy atom. The van der Waals surface area contributed by atoms with Gasteiger partial charge in [-0.1, -0.05) is 13.0 Å². The Kier molecular flexibility index (Phi) is 5.36. The second kappa shape index (κ2) is 7.61. The standard InChI is InChI=1S/C19H14F5N3O2/c1-2-16-25-15-9-11(19(22,23)24)4-5-12(15)18(29)27(16)26-17(28)8-10-3-6-13(20)14(21)7-10/h3-7,9H,2,8H2,1H3,(H,26,28). The molecule has 3 aromatic rings. The van der Waals surface area contributed by atoms with E-state index >= 15 is 0 Å². The van der Waals surface area contributed by atoms with Crippen LogP contribution in [0.4, 0.5) is 22.0 Å². The number of aromatic nitrogens is 2. The van der Waals surface area contributed by atoms with E-state index in [1.165, 1.54) is 6.07 Å². The van der Waals surface area contributed by atoms with Gasteiger partial charge in [-0.3, -0.25) is 15.0 Å². The lowest BCUT2D eigenvalue weighted by molar-refractivity contribution is -0.137. The molecule has 0 bridgehead atoms. The number of hydrogen-bond donors (Lipinski definition) is 1. The quantitative estimate of drug-likeness (QED) is 0.668. The van der Waals surface area contributed by atoms with Gasteiger partial charge >= 0.3 is 6.18 Å². The van der Waals surface area contributed by atoms with Crippen molar-refractivity contribution in [3.63, 3.8) is 0 Å². The summed E-state index contributed by atoms with van der Waals surface area (Å²) in [6.07, 6.45) is -4.79. The molecule has 10 heteroatoms. The smallest absolute Gasteiger partial charge is 0.273 e. The third-order valence-electron chi connectivity index (χ3n) is 4.17. The average molecular weight is 411 g/mol. The molecule has 1 N–H and O–H groups in total. The van der Waals surface area contributed by atoms with Crippen LogP contribution < -0.4 is 11.0 Å². The first-order valence-corrected chi connectivity index (χ1v) is 8.47. The van der Waals surface area contributed by atoms with Crippen molar-refractivity contribution in [3.8, 4) is 0 Å². The third kappa shape index (κ3) is 4.25. The molecule has 0 spiro atoms. The minimum absolute atomic E-state index is 0.0421. The highest BCUT2D eigenvalue weighted by atomic mass is 19.4. The Labute approximate surface area is 160 Å². The number of carbonyl (C=O) groups is 1. The van der Waals surface area contributed by atoms with Crippen LogP contribution in [0.5, 0.6) is 0 Å². The van der Waals surface area contributed by atoms with E-state index in [0.29, 0.717) is 0 Å². The topological polar surface area (TPSA) is 64.0 Å². The molecule has 1 aromatic heterocycles. The second-order valence-corrected chi connectivity index (χ2v) is 6.21. The fourth-order valence-electron chi connectivity index (χ4n) is 2.76. The zero-order valence-corrected chi connectivity index (χ0v) is 15.0. The number of halogens is 5. The highest BCUT2D eigenvalue weighted by Gasteiger charge is 2.31. The van der Waals surface area contributed by atoms with Crippen LogP contribution in [0.3, 0.4) is 0 Å². The van der Waals surface area contributed by atoms with Gasteiger partial charge in [0, 0.05) is 6.42 Å². The lowest BCUT2D eigenvalue weighted by Crippen LogP contribution is -2.37. The van der Waals surface area contributed by atoms with Crippen LogP contribution in [0, 0.1) is 11.6 Å². The van der Waals surface area contributed by atoms with Crippen molar-refractivity contribution in [2.45, 2.75) is 25.9 Å². The van der Waals surface area contributed by atoms with Gasteiger partial charge in [-0.2, -0.15) is 13.2 Å².